The number of ether oxygens (including phenoxy) is 1. The molecule has 5 nitrogen and oxygen atoms in total. The third-order valence-electron chi connectivity index (χ3n) is 2.94. The SMILES string of the molecule is COC(=O)C(C)Nc1ccc2c(c1)CCC(=O)N2. The molecule has 1 aliphatic rings. The number of methoxy groups -OCH3 is 1. The fraction of sp³-hybridized carbons (Fsp3) is 0.385. The zero-order valence-electron chi connectivity index (χ0n) is 10.4. The topological polar surface area (TPSA) is 67.4 Å². The lowest BCUT2D eigenvalue weighted by Crippen LogP contribution is -2.27. The Bertz CT molecular complexity index is 485. The lowest BCUT2D eigenvalue weighted by atomic mass is 10.0. The van der Waals surface area contributed by atoms with Crippen LogP contribution in [0, 0.1) is 0 Å². The molecule has 2 rings (SSSR count). The maximum absolute atomic E-state index is 11.3. The zero-order valence-corrected chi connectivity index (χ0v) is 10.4. The van der Waals surface area contributed by atoms with Crippen LogP contribution in [0.15, 0.2) is 18.2 Å². The van der Waals surface area contributed by atoms with Crippen molar-refractivity contribution in [2.75, 3.05) is 17.7 Å². The van der Waals surface area contributed by atoms with Gasteiger partial charge in [0.25, 0.3) is 0 Å². The van der Waals surface area contributed by atoms with Gasteiger partial charge in [-0.15, -0.1) is 0 Å². The van der Waals surface area contributed by atoms with Gasteiger partial charge in [-0.3, -0.25) is 4.79 Å². The second-order valence-electron chi connectivity index (χ2n) is 4.31. The number of rotatable bonds is 3. The van der Waals surface area contributed by atoms with Crippen LogP contribution in [-0.4, -0.2) is 25.0 Å². The van der Waals surface area contributed by atoms with Crippen molar-refractivity contribution in [3.63, 3.8) is 0 Å². The number of aryl methyl sites for hydroxylation is 1. The number of nitrogens with one attached hydrogen (secondary N) is 2. The predicted octanol–water partition coefficient (Wildman–Crippen LogP) is 1.54. The van der Waals surface area contributed by atoms with Crippen LogP contribution >= 0.6 is 0 Å². The standard InChI is InChI=1S/C13H16N2O3/c1-8(13(17)18-2)14-10-4-5-11-9(7-10)3-6-12(16)15-11/h4-5,7-8,14H,3,6H2,1-2H3,(H,15,16). The number of amides is 1. The highest BCUT2D eigenvalue weighted by molar-refractivity contribution is 5.94. The first kappa shape index (κ1) is 12.4. The second-order valence-corrected chi connectivity index (χ2v) is 4.31. The maximum Gasteiger partial charge on any atom is 0.327 e. The molecule has 96 valence electrons. The van der Waals surface area contributed by atoms with E-state index in [-0.39, 0.29) is 11.9 Å². The van der Waals surface area contributed by atoms with Gasteiger partial charge in [0.2, 0.25) is 5.91 Å². The largest absolute Gasteiger partial charge is 0.467 e. The Morgan fingerprint density at radius 1 is 1.44 bits per heavy atom. The number of carbonyl (C=O) groups is 2. The minimum Gasteiger partial charge on any atom is -0.467 e. The molecular formula is C13H16N2O3. The summed E-state index contributed by atoms with van der Waals surface area (Å²) in [5.41, 5.74) is 2.78. The first-order valence-corrected chi connectivity index (χ1v) is 5.87. The van der Waals surface area contributed by atoms with Crippen molar-refractivity contribution in [1.29, 1.82) is 0 Å². The lowest BCUT2D eigenvalue weighted by molar-refractivity contribution is -0.141. The average molecular weight is 248 g/mol. The van der Waals surface area contributed by atoms with Gasteiger partial charge < -0.3 is 15.4 Å². The molecule has 1 unspecified atom stereocenters. The normalized spacial score (nSPS) is 15.3. The minimum absolute atomic E-state index is 0.0474. The molecule has 1 atom stereocenters. The quantitative estimate of drug-likeness (QED) is 0.796. The van der Waals surface area contributed by atoms with Crippen LogP contribution in [0.2, 0.25) is 0 Å². The smallest absolute Gasteiger partial charge is 0.327 e. The summed E-state index contributed by atoms with van der Waals surface area (Å²) in [6.07, 6.45) is 1.23. The summed E-state index contributed by atoms with van der Waals surface area (Å²) < 4.78 is 4.65. The zero-order chi connectivity index (χ0) is 13.1. The Morgan fingerprint density at radius 3 is 2.94 bits per heavy atom. The van der Waals surface area contributed by atoms with Crippen molar-refractivity contribution in [1.82, 2.24) is 0 Å². The van der Waals surface area contributed by atoms with E-state index in [0.29, 0.717) is 6.42 Å². The first-order valence-electron chi connectivity index (χ1n) is 5.87. The molecule has 5 heteroatoms. The Hall–Kier alpha value is -2.04. The average Bonchev–Trinajstić information content (AvgIpc) is 2.38. The predicted molar refractivity (Wildman–Crippen MR) is 68.5 cm³/mol. The number of carbonyl (C=O) groups excluding carboxylic acids is 2. The lowest BCUT2D eigenvalue weighted by Gasteiger charge is -2.19. The summed E-state index contributed by atoms with van der Waals surface area (Å²) in [5.74, 6) is -0.257. The van der Waals surface area contributed by atoms with Gasteiger partial charge in [-0.25, -0.2) is 4.79 Å². The highest BCUT2D eigenvalue weighted by Gasteiger charge is 2.16. The summed E-state index contributed by atoms with van der Waals surface area (Å²) in [6.45, 7) is 1.74. The maximum atomic E-state index is 11.3. The molecule has 0 aliphatic carbocycles. The van der Waals surface area contributed by atoms with Gasteiger partial charge in [-0.05, 0) is 37.1 Å². The van der Waals surface area contributed by atoms with E-state index >= 15 is 0 Å². The van der Waals surface area contributed by atoms with E-state index in [1.54, 1.807) is 6.92 Å². The third kappa shape index (κ3) is 2.61. The minimum atomic E-state index is -0.397. The number of anilines is 2. The summed E-state index contributed by atoms with van der Waals surface area (Å²) in [6, 6.07) is 5.24. The molecule has 0 bridgehead atoms. The molecular weight excluding hydrogens is 232 g/mol. The van der Waals surface area contributed by atoms with E-state index < -0.39 is 6.04 Å². The number of hydrogen-bond acceptors (Lipinski definition) is 4. The van der Waals surface area contributed by atoms with Crippen LogP contribution in [-0.2, 0) is 20.7 Å². The summed E-state index contributed by atoms with van der Waals surface area (Å²) in [7, 11) is 1.36. The highest BCUT2D eigenvalue weighted by atomic mass is 16.5. The van der Waals surface area contributed by atoms with Gasteiger partial charge in [-0.1, -0.05) is 0 Å². The Morgan fingerprint density at radius 2 is 2.22 bits per heavy atom. The fourth-order valence-electron chi connectivity index (χ4n) is 1.96. The van der Waals surface area contributed by atoms with Crippen LogP contribution in [0.4, 0.5) is 11.4 Å². The monoisotopic (exact) mass is 248 g/mol. The summed E-state index contributed by atoms with van der Waals surface area (Å²) in [4.78, 5) is 22.5. The first-order chi connectivity index (χ1) is 8.60. The molecule has 1 aromatic carbocycles. The molecule has 1 aliphatic heterocycles. The van der Waals surface area contributed by atoms with Crippen LogP contribution in [0.25, 0.3) is 0 Å². The molecule has 0 fully saturated rings. The second kappa shape index (κ2) is 5.08. The van der Waals surface area contributed by atoms with Crippen LogP contribution in [0.5, 0.6) is 0 Å². The van der Waals surface area contributed by atoms with E-state index in [4.69, 9.17) is 0 Å². The summed E-state index contributed by atoms with van der Waals surface area (Å²) >= 11 is 0. The molecule has 1 aromatic rings. The molecule has 0 aromatic heterocycles. The molecule has 2 N–H and O–H groups in total. The van der Waals surface area contributed by atoms with Crippen molar-refractivity contribution >= 4 is 23.3 Å². The molecule has 1 amide bonds. The van der Waals surface area contributed by atoms with Crippen LogP contribution in [0.1, 0.15) is 18.9 Å². The molecule has 0 saturated heterocycles. The van der Waals surface area contributed by atoms with Crippen LogP contribution < -0.4 is 10.6 Å². The number of benzene rings is 1. The third-order valence-corrected chi connectivity index (χ3v) is 2.94. The van der Waals surface area contributed by atoms with Gasteiger partial charge in [0.05, 0.1) is 7.11 Å². The van der Waals surface area contributed by atoms with Crippen molar-refractivity contribution < 1.29 is 14.3 Å². The van der Waals surface area contributed by atoms with Gasteiger partial charge in [0, 0.05) is 17.8 Å². The Kier molecular flexibility index (Phi) is 3.50. The van der Waals surface area contributed by atoms with E-state index in [2.05, 4.69) is 15.4 Å². The highest BCUT2D eigenvalue weighted by Crippen LogP contribution is 2.25. The number of esters is 1. The van der Waals surface area contributed by atoms with Crippen molar-refractivity contribution in [3.05, 3.63) is 23.8 Å². The number of hydrogen-bond donors (Lipinski definition) is 2. The fourth-order valence-corrected chi connectivity index (χ4v) is 1.96. The molecule has 18 heavy (non-hydrogen) atoms. The van der Waals surface area contributed by atoms with Gasteiger partial charge >= 0.3 is 5.97 Å². The van der Waals surface area contributed by atoms with E-state index in [1.807, 2.05) is 18.2 Å². The summed E-state index contributed by atoms with van der Waals surface area (Å²) in [5, 5.41) is 5.88. The Labute approximate surface area is 106 Å². The van der Waals surface area contributed by atoms with Crippen LogP contribution in [0.3, 0.4) is 0 Å². The van der Waals surface area contributed by atoms with E-state index in [0.717, 1.165) is 23.4 Å². The van der Waals surface area contributed by atoms with Gasteiger partial charge in [-0.2, -0.15) is 0 Å². The van der Waals surface area contributed by atoms with Crippen molar-refractivity contribution in [3.8, 4) is 0 Å². The molecule has 0 spiro atoms. The van der Waals surface area contributed by atoms with E-state index in [1.165, 1.54) is 7.11 Å². The van der Waals surface area contributed by atoms with Crippen molar-refractivity contribution in [2.24, 2.45) is 0 Å². The Balaban J connectivity index is 2.12. The number of fused-ring (bicyclic) bond motifs is 1. The molecule has 1 heterocycles. The molecule has 0 radical (unpaired) electrons. The molecule has 0 saturated carbocycles. The van der Waals surface area contributed by atoms with E-state index in [9.17, 15) is 9.59 Å². The van der Waals surface area contributed by atoms with Gasteiger partial charge in [0.1, 0.15) is 6.04 Å². The van der Waals surface area contributed by atoms with Gasteiger partial charge in [0.15, 0.2) is 0 Å². The van der Waals surface area contributed by atoms with Crippen molar-refractivity contribution in [2.45, 2.75) is 25.8 Å².